The van der Waals surface area contributed by atoms with Crippen LogP contribution in [0.5, 0.6) is 0 Å². The summed E-state index contributed by atoms with van der Waals surface area (Å²) in [6.45, 7) is 6.32. The first-order chi connectivity index (χ1) is 47.6. The summed E-state index contributed by atoms with van der Waals surface area (Å²) in [7, 11) is 0. The minimum Gasteiger partial charge on any atom is -0.327 e. The van der Waals surface area contributed by atoms with E-state index in [0.717, 1.165) is 79.0 Å². The number of halogens is 2. The molecule has 4 saturated heterocycles. The molecule has 100 heavy (non-hydrogen) atoms. The van der Waals surface area contributed by atoms with Crippen molar-refractivity contribution in [3.05, 3.63) is 257 Å². The lowest BCUT2D eigenvalue weighted by molar-refractivity contribution is -0.120. The van der Waals surface area contributed by atoms with Gasteiger partial charge in [-0.1, -0.05) is 162 Å². The van der Waals surface area contributed by atoms with Gasteiger partial charge in [-0.3, -0.25) is 38.4 Å². The van der Waals surface area contributed by atoms with Crippen molar-refractivity contribution >= 4 is 139 Å². The van der Waals surface area contributed by atoms with Gasteiger partial charge in [-0.2, -0.15) is 0 Å². The molecular weight excluding hydrogens is 1480 g/mol. The molecule has 0 aromatic heterocycles. The van der Waals surface area contributed by atoms with Crippen LogP contribution in [0, 0.1) is 7.14 Å². The van der Waals surface area contributed by atoms with Crippen LogP contribution in [0.25, 0.3) is 24.3 Å². The van der Waals surface area contributed by atoms with Crippen LogP contribution < -0.4 is 21.3 Å². The molecule has 12 rings (SSSR count). The molecule has 0 saturated carbocycles. The van der Waals surface area contributed by atoms with E-state index in [-0.39, 0.29) is 62.1 Å². The standard InChI is InChI=1S/C42H44N4O4.C38H34I2N4O4.2CH4/c1-3-31-11-5-7-13-35(31)41(49)45-27-9-15-37(45)39(47)43-33-23-19-29(20-24-33)17-18-30-21-25-34(26-22-30)44-40(48)38-16-10-28-46(38)42(50)36-14-8-6-12-32(36)4-2;39-31-9-3-1-7-29(31)37(47)43-23-5-11-33(43)35(45)41-27-19-15-25(16-20-27)13-14-26-17-21-28(22-18-26)42-36(46)34-12-6-24-44(34)38(48)30-8-2-4-10-32(30)40;;/h5-8,11-14,17-26,37-38H,3-4,9-10,15-16,27-28H2,1-2H3,(H,43,47)(H,44,48);1-4,7-10,13-22,33-34H,5-6,11-12,23-24H2,(H,41,45)(H,42,46);2*1H4/b18-17+;14-13+;;/t37-,38-;33-,34-;;/m00../s1. The van der Waals surface area contributed by atoms with Crippen LogP contribution in [0.1, 0.15) is 155 Å². The maximum Gasteiger partial charge on any atom is 0.255 e. The van der Waals surface area contributed by atoms with Crippen LogP contribution in [0.4, 0.5) is 22.7 Å². The van der Waals surface area contributed by atoms with Crippen LogP contribution in [0.15, 0.2) is 194 Å². The topological polar surface area (TPSA) is 198 Å². The van der Waals surface area contributed by atoms with E-state index in [2.05, 4.69) is 66.4 Å². The summed E-state index contributed by atoms with van der Waals surface area (Å²) < 4.78 is 1.74. The number of hydrogen-bond acceptors (Lipinski definition) is 8. The Bertz CT molecular complexity index is 4020. The monoisotopic (exact) mass is 1560 g/mol. The van der Waals surface area contributed by atoms with Crippen molar-refractivity contribution in [1.29, 1.82) is 0 Å². The molecule has 18 heteroatoms. The lowest BCUT2D eigenvalue weighted by atomic mass is 10.0. The van der Waals surface area contributed by atoms with E-state index in [1.54, 1.807) is 31.7 Å². The number of carbonyl (C=O) groups excluding carboxylic acids is 8. The molecule has 16 nitrogen and oxygen atoms in total. The smallest absolute Gasteiger partial charge is 0.255 e. The summed E-state index contributed by atoms with van der Waals surface area (Å²) in [6, 6.07) is 58.4. The number of hydrogen-bond donors (Lipinski definition) is 4. The van der Waals surface area contributed by atoms with E-state index < -0.39 is 24.2 Å². The highest BCUT2D eigenvalue weighted by molar-refractivity contribution is 14.1. The van der Waals surface area contributed by atoms with Crippen molar-refractivity contribution in [3.63, 3.8) is 0 Å². The largest absolute Gasteiger partial charge is 0.327 e. The highest BCUT2D eigenvalue weighted by Gasteiger charge is 2.39. The normalized spacial score (nSPS) is 17.0. The number of carbonyl (C=O) groups is 8. The molecule has 8 amide bonds. The van der Waals surface area contributed by atoms with Gasteiger partial charge in [0.15, 0.2) is 0 Å². The number of anilines is 4. The fourth-order valence-corrected chi connectivity index (χ4v) is 14.3. The van der Waals surface area contributed by atoms with Crippen LogP contribution in [-0.2, 0) is 32.0 Å². The molecule has 516 valence electrons. The lowest BCUT2D eigenvalue weighted by Crippen LogP contribution is -2.43. The molecule has 4 aliphatic rings. The maximum atomic E-state index is 13.4. The van der Waals surface area contributed by atoms with Crippen LogP contribution in [-0.4, -0.2) is 117 Å². The van der Waals surface area contributed by atoms with Gasteiger partial charge < -0.3 is 40.9 Å². The molecule has 4 atom stereocenters. The van der Waals surface area contributed by atoms with Gasteiger partial charge in [0.05, 0.1) is 11.1 Å². The summed E-state index contributed by atoms with van der Waals surface area (Å²) in [5.41, 5.74) is 11.1. The van der Waals surface area contributed by atoms with Crippen molar-refractivity contribution in [3.8, 4) is 0 Å². The Morgan fingerprint density at radius 1 is 0.330 bits per heavy atom. The van der Waals surface area contributed by atoms with Gasteiger partial charge in [0, 0.05) is 67.2 Å². The second-order valence-electron chi connectivity index (χ2n) is 24.7. The zero-order valence-electron chi connectivity index (χ0n) is 54.8. The maximum absolute atomic E-state index is 13.4. The predicted molar refractivity (Wildman–Crippen MR) is 418 cm³/mol. The van der Waals surface area contributed by atoms with Crippen LogP contribution >= 0.6 is 45.2 Å². The molecule has 8 aromatic rings. The minimum absolute atomic E-state index is 0. The van der Waals surface area contributed by atoms with Gasteiger partial charge in [-0.25, -0.2) is 0 Å². The second-order valence-corrected chi connectivity index (χ2v) is 27.0. The van der Waals surface area contributed by atoms with Gasteiger partial charge in [-0.05, 0) is 228 Å². The number of likely N-dealkylation sites (tertiary alicyclic amines) is 4. The number of aryl methyl sites for hydroxylation is 2. The molecule has 0 radical (unpaired) electrons. The van der Waals surface area contributed by atoms with E-state index in [1.165, 1.54) is 0 Å². The van der Waals surface area contributed by atoms with E-state index in [1.807, 2.05) is 220 Å². The van der Waals surface area contributed by atoms with E-state index in [9.17, 15) is 38.4 Å². The zero-order chi connectivity index (χ0) is 68.7. The number of amides is 8. The van der Waals surface area contributed by atoms with Crippen LogP contribution in [0.3, 0.4) is 0 Å². The number of nitrogens with one attached hydrogen (secondary N) is 4. The summed E-state index contributed by atoms with van der Waals surface area (Å²) in [4.78, 5) is 113. The predicted octanol–water partition coefficient (Wildman–Crippen LogP) is 16.3. The fraction of sp³-hybridized carbons (Fsp3) is 0.268. The Labute approximate surface area is 614 Å². The minimum atomic E-state index is -0.501. The Morgan fingerprint density at radius 2 is 0.550 bits per heavy atom. The highest BCUT2D eigenvalue weighted by atomic mass is 127. The van der Waals surface area contributed by atoms with Crippen molar-refractivity contribution in [2.24, 2.45) is 0 Å². The molecule has 0 aliphatic carbocycles. The van der Waals surface area contributed by atoms with E-state index in [0.29, 0.717) is 96.9 Å². The first-order valence-corrected chi connectivity index (χ1v) is 35.7. The summed E-state index contributed by atoms with van der Waals surface area (Å²) in [6.07, 6.45) is 15.2. The van der Waals surface area contributed by atoms with Crippen molar-refractivity contribution in [2.75, 3.05) is 47.4 Å². The highest BCUT2D eigenvalue weighted by Crippen LogP contribution is 2.30. The molecule has 0 spiro atoms. The Morgan fingerprint density at radius 3 is 0.790 bits per heavy atom. The fourth-order valence-electron chi connectivity index (χ4n) is 13.1. The van der Waals surface area contributed by atoms with Crippen LogP contribution in [0.2, 0.25) is 0 Å². The molecule has 0 bridgehead atoms. The Kier molecular flexibility index (Phi) is 26.5. The Balaban J connectivity index is 0.000000229. The van der Waals surface area contributed by atoms with E-state index in [4.69, 9.17) is 0 Å². The first kappa shape index (κ1) is 74.7. The average Bonchev–Trinajstić information content (AvgIpc) is 1.62. The first-order valence-electron chi connectivity index (χ1n) is 33.5. The third-order valence-corrected chi connectivity index (χ3v) is 20.3. The molecule has 4 aliphatic heterocycles. The van der Waals surface area contributed by atoms with Gasteiger partial charge in [0.25, 0.3) is 23.6 Å². The molecule has 0 unspecified atom stereocenters. The number of rotatable bonds is 18. The SMILES string of the molecule is C.C.CCc1ccccc1C(=O)N1CCC[C@H]1C(=O)Nc1ccc(/C=C/c2ccc(NC(=O)[C@@H]3CCCN3C(=O)c3ccccc3CC)cc2)cc1.O=C(Nc1ccc(/C=C/c2ccc(NC(=O)[C@@H]3CCCN3C(=O)c3ccccc3I)cc2)cc1)[C@@H]1CCCN1C(=O)c1ccccc1I. The molecule has 4 fully saturated rings. The molecule has 8 aromatic carbocycles. The average molecular weight is 1570 g/mol. The molecular formula is C82H86I2N8O8. The lowest BCUT2D eigenvalue weighted by Gasteiger charge is -2.25. The number of nitrogens with zero attached hydrogens (tertiary/aromatic N) is 4. The van der Waals surface area contributed by atoms with Crippen molar-refractivity contribution < 1.29 is 38.4 Å². The van der Waals surface area contributed by atoms with Gasteiger partial charge in [-0.15, -0.1) is 0 Å². The Hall–Kier alpha value is -9.54. The number of benzene rings is 8. The molecule has 4 heterocycles. The van der Waals surface area contributed by atoms with Gasteiger partial charge >= 0.3 is 0 Å². The summed E-state index contributed by atoms with van der Waals surface area (Å²) in [5, 5.41) is 12.0. The third kappa shape index (κ3) is 18.3. The van der Waals surface area contributed by atoms with Gasteiger partial charge in [0.2, 0.25) is 23.6 Å². The summed E-state index contributed by atoms with van der Waals surface area (Å²) >= 11 is 4.31. The van der Waals surface area contributed by atoms with Crippen molar-refractivity contribution in [2.45, 2.75) is 117 Å². The molecule has 4 N–H and O–H groups in total. The van der Waals surface area contributed by atoms with Gasteiger partial charge in [0.1, 0.15) is 24.2 Å². The third-order valence-electron chi connectivity index (χ3n) is 18.4. The summed E-state index contributed by atoms with van der Waals surface area (Å²) in [5.74, 6) is -1.10. The second kappa shape index (κ2) is 35.5. The van der Waals surface area contributed by atoms with Crippen molar-refractivity contribution in [1.82, 2.24) is 19.6 Å². The quantitative estimate of drug-likeness (QED) is 0.0481. The van der Waals surface area contributed by atoms with E-state index >= 15 is 0 Å². The zero-order valence-corrected chi connectivity index (χ0v) is 59.1.